The number of carbonyl (C=O) groups excluding carboxylic acids is 2. The van der Waals surface area contributed by atoms with Crippen LogP contribution in [0, 0.1) is 5.82 Å². The molecule has 0 aromatic heterocycles. The summed E-state index contributed by atoms with van der Waals surface area (Å²) in [6.45, 7) is 1.48. The summed E-state index contributed by atoms with van der Waals surface area (Å²) in [7, 11) is 0. The Kier molecular flexibility index (Phi) is 5.81. The van der Waals surface area contributed by atoms with Crippen molar-refractivity contribution in [3.8, 4) is 11.5 Å². The van der Waals surface area contributed by atoms with Gasteiger partial charge in [0.25, 0.3) is 5.91 Å². The molecule has 5 nitrogen and oxygen atoms in total. The van der Waals surface area contributed by atoms with Crippen LogP contribution in [0.4, 0.5) is 4.39 Å². The molecule has 0 heterocycles. The van der Waals surface area contributed by atoms with E-state index in [9.17, 15) is 14.0 Å². The Morgan fingerprint density at radius 2 is 1.92 bits per heavy atom. The number of amides is 1. The SMILES string of the molecule is CC(=O)Cc1ccc(Oc2ccc(F)cc2)c(/C=C/C(=O)NO)c1. The molecule has 0 fully saturated rings. The second-order valence-electron chi connectivity index (χ2n) is 5.12. The van der Waals surface area contributed by atoms with E-state index in [1.807, 2.05) is 0 Å². The molecule has 0 saturated carbocycles. The van der Waals surface area contributed by atoms with Crippen molar-refractivity contribution in [1.82, 2.24) is 5.48 Å². The van der Waals surface area contributed by atoms with Gasteiger partial charge in [-0.2, -0.15) is 0 Å². The van der Waals surface area contributed by atoms with Crippen molar-refractivity contribution in [1.29, 1.82) is 0 Å². The number of Topliss-reactive ketones (excluding diaryl/α,β-unsaturated/α-hetero) is 1. The van der Waals surface area contributed by atoms with Gasteiger partial charge in [-0.15, -0.1) is 0 Å². The van der Waals surface area contributed by atoms with Gasteiger partial charge in [0.05, 0.1) is 0 Å². The lowest BCUT2D eigenvalue weighted by Gasteiger charge is -2.10. The molecule has 0 aliphatic rings. The van der Waals surface area contributed by atoms with Gasteiger partial charge < -0.3 is 4.74 Å². The molecule has 24 heavy (non-hydrogen) atoms. The van der Waals surface area contributed by atoms with E-state index in [1.54, 1.807) is 18.2 Å². The van der Waals surface area contributed by atoms with E-state index in [4.69, 9.17) is 9.94 Å². The fraction of sp³-hybridized carbons (Fsp3) is 0.111. The minimum atomic E-state index is -0.695. The van der Waals surface area contributed by atoms with Crippen LogP contribution in [-0.2, 0) is 16.0 Å². The number of hydrogen-bond acceptors (Lipinski definition) is 4. The number of hydroxylamine groups is 1. The first-order valence-corrected chi connectivity index (χ1v) is 7.16. The topological polar surface area (TPSA) is 75.6 Å². The van der Waals surface area contributed by atoms with Gasteiger partial charge in [0.1, 0.15) is 23.1 Å². The van der Waals surface area contributed by atoms with Crippen LogP contribution in [-0.4, -0.2) is 16.9 Å². The zero-order chi connectivity index (χ0) is 17.5. The smallest absolute Gasteiger partial charge is 0.267 e. The summed E-state index contributed by atoms with van der Waals surface area (Å²) >= 11 is 0. The van der Waals surface area contributed by atoms with Gasteiger partial charge in [-0.05, 0) is 55.0 Å². The van der Waals surface area contributed by atoms with E-state index < -0.39 is 5.91 Å². The number of nitrogens with one attached hydrogen (secondary N) is 1. The first-order valence-electron chi connectivity index (χ1n) is 7.16. The van der Waals surface area contributed by atoms with E-state index >= 15 is 0 Å². The van der Waals surface area contributed by atoms with E-state index in [0.717, 1.165) is 11.6 Å². The summed E-state index contributed by atoms with van der Waals surface area (Å²) in [6.07, 6.45) is 2.84. The molecule has 0 unspecified atom stereocenters. The van der Waals surface area contributed by atoms with Gasteiger partial charge in [0, 0.05) is 18.1 Å². The molecule has 2 rings (SSSR count). The lowest BCUT2D eigenvalue weighted by molar-refractivity contribution is -0.124. The standard InChI is InChI=1S/C18H16FNO4/c1-12(21)10-13-2-8-17(14(11-13)3-9-18(22)20-23)24-16-6-4-15(19)5-7-16/h2-9,11,23H,10H2,1H3,(H,20,22)/b9-3+. The quantitative estimate of drug-likeness (QED) is 0.484. The highest BCUT2D eigenvalue weighted by Crippen LogP contribution is 2.28. The van der Waals surface area contributed by atoms with Crippen LogP contribution >= 0.6 is 0 Å². The van der Waals surface area contributed by atoms with Crippen LogP contribution in [0.25, 0.3) is 6.08 Å². The first kappa shape index (κ1) is 17.4. The summed E-state index contributed by atoms with van der Waals surface area (Å²) in [4.78, 5) is 22.4. The normalized spacial score (nSPS) is 10.6. The van der Waals surface area contributed by atoms with Crippen LogP contribution in [0.3, 0.4) is 0 Å². The molecule has 0 aliphatic carbocycles. The Labute approximate surface area is 138 Å². The van der Waals surface area contributed by atoms with Crippen LogP contribution in [0.1, 0.15) is 18.1 Å². The number of ketones is 1. The molecule has 124 valence electrons. The van der Waals surface area contributed by atoms with E-state index in [1.165, 1.54) is 42.7 Å². The lowest BCUT2D eigenvalue weighted by Crippen LogP contribution is -2.14. The van der Waals surface area contributed by atoms with Crippen molar-refractivity contribution in [2.75, 3.05) is 0 Å². The summed E-state index contributed by atoms with van der Waals surface area (Å²) in [5.41, 5.74) is 2.80. The molecule has 1 amide bonds. The summed E-state index contributed by atoms with van der Waals surface area (Å²) < 4.78 is 18.7. The number of benzene rings is 2. The lowest BCUT2D eigenvalue weighted by atomic mass is 10.0. The predicted molar refractivity (Wildman–Crippen MR) is 86.3 cm³/mol. The Morgan fingerprint density at radius 1 is 1.21 bits per heavy atom. The fourth-order valence-corrected chi connectivity index (χ4v) is 2.05. The molecule has 0 atom stereocenters. The number of ether oxygens (including phenoxy) is 1. The average Bonchev–Trinajstić information content (AvgIpc) is 2.56. The summed E-state index contributed by atoms with van der Waals surface area (Å²) in [5.74, 6) is -0.211. The molecule has 0 bridgehead atoms. The van der Waals surface area contributed by atoms with Crippen molar-refractivity contribution in [2.24, 2.45) is 0 Å². The number of carbonyl (C=O) groups is 2. The van der Waals surface area contributed by atoms with Gasteiger partial charge in [0.2, 0.25) is 0 Å². The van der Waals surface area contributed by atoms with Gasteiger partial charge in [-0.1, -0.05) is 6.07 Å². The van der Waals surface area contributed by atoms with Crippen molar-refractivity contribution in [3.63, 3.8) is 0 Å². The van der Waals surface area contributed by atoms with Crippen LogP contribution in [0.2, 0.25) is 0 Å². The highest BCUT2D eigenvalue weighted by Gasteiger charge is 2.07. The van der Waals surface area contributed by atoms with Crippen LogP contribution < -0.4 is 10.2 Å². The zero-order valence-electron chi connectivity index (χ0n) is 13.0. The van der Waals surface area contributed by atoms with Gasteiger partial charge in [0.15, 0.2) is 0 Å². The molecule has 6 heteroatoms. The first-order chi connectivity index (χ1) is 11.5. The molecule has 0 radical (unpaired) electrons. The molecule has 2 aromatic rings. The number of halogens is 1. The minimum Gasteiger partial charge on any atom is -0.457 e. The molecule has 2 aromatic carbocycles. The third kappa shape index (κ3) is 5.03. The fourth-order valence-electron chi connectivity index (χ4n) is 2.05. The predicted octanol–water partition coefficient (Wildman–Crippen LogP) is 3.27. The van der Waals surface area contributed by atoms with Gasteiger partial charge >= 0.3 is 0 Å². The third-order valence-corrected chi connectivity index (χ3v) is 3.09. The maximum atomic E-state index is 13.0. The molecule has 0 spiro atoms. The van der Waals surface area contributed by atoms with Crippen molar-refractivity contribution in [3.05, 3.63) is 65.5 Å². The second-order valence-corrected chi connectivity index (χ2v) is 5.12. The van der Waals surface area contributed by atoms with Crippen molar-refractivity contribution >= 4 is 17.8 Å². The third-order valence-electron chi connectivity index (χ3n) is 3.09. The van der Waals surface area contributed by atoms with E-state index in [2.05, 4.69) is 0 Å². The van der Waals surface area contributed by atoms with Crippen molar-refractivity contribution < 1.29 is 23.9 Å². The minimum absolute atomic E-state index is 0.00485. The zero-order valence-corrected chi connectivity index (χ0v) is 13.0. The molecule has 0 saturated heterocycles. The maximum Gasteiger partial charge on any atom is 0.267 e. The monoisotopic (exact) mass is 329 g/mol. The number of rotatable bonds is 6. The van der Waals surface area contributed by atoms with E-state index in [-0.39, 0.29) is 18.0 Å². The Balaban J connectivity index is 2.33. The second kappa shape index (κ2) is 8.03. The van der Waals surface area contributed by atoms with Gasteiger partial charge in [-0.3, -0.25) is 14.8 Å². The number of hydrogen-bond donors (Lipinski definition) is 2. The molecular weight excluding hydrogens is 313 g/mol. The Bertz CT molecular complexity index is 769. The van der Waals surface area contributed by atoms with Gasteiger partial charge in [-0.25, -0.2) is 9.87 Å². The molecule has 0 aliphatic heterocycles. The molecular formula is C18H16FNO4. The molecule has 2 N–H and O–H groups in total. The van der Waals surface area contributed by atoms with Crippen LogP contribution in [0.5, 0.6) is 11.5 Å². The van der Waals surface area contributed by atoms with E-state index in [0.29, 0.717) is 17.1 Å². The Morgan fingerprint density at radius 3 is 2.54 bits per heavy atom. The highest BCUT2D eigenvalue weighted by molar-refractivity contribution is 5.91. The maximum absolute atomic E-state index is 13.0. The van der Waals surface area contributed by atoms with Crippen LogP contribution in [0.15, 0.2) is 48.5 Å². The highest BCUT2D eigenvalue weighted by atomic mass is 19.1. The largest absolute Gasteiger partial charge is 0.457 e. The average molecular weight is 329 g/mol. The summed E-state index contributed by atoms with van der Waals surface area (Å²) in [5, 5.41) is 8.55. The summed E-state index contributed by atoms with van der Waals surface area (Å²) in [6, 6.07) is 10.6. The Hall–Kier alpha value is -2.99. The van der Waals surface area contributed by atoms with Crippen molar-refractivity contribution in [2.45, 2.75) is 13.3 Å².